The van der Waals surface area contributed by atoms with Crippen LogP contribution in [0.5, 0.6) is 0 Å². The first-order chi connectivity index (χ1) is 7.57. The van der Waals surface area contributed by atoms with Crippen LogP contribution in [0.25, 0.3) is 0 Å². The lowest BCUT2D eigenvalue weighted by molar-refractivity contribution is -0.273. The maximum absolute atomic E-state index is 11.6. The van der Waals surface area contributed by atoms with E-state index in [1.54, 1.807) is 0 Å². The molecule has 1 rings (SSSR count). The Kier molecular flexibility index (Phi) is 4.57. The topological polar surface area (TPSA) is 78.9 Å². The standard InChI is InChI=1S/C10H14O6/c1-6(11)8-9(12)7(16-10(8)13)4-3-5-15-14-2/h7-8H,3-5H2,1-2H3. The van der Waals surface area contributed by atoms with Gasteiger partial charge in [0.2, 0.25) is 0 Å². The fraction of sp³-hybridized carbons (Fsp3) is 0.700. The first-order valence-electron chi connectivity index (χ1n) is 4.98. The average Bonchev–Trinajstić information content (AvgIpc) is 2.49. The van der Waals surface area contributed by atoms with Crippen LogP contribution >= 0.6 is 0 Å². The molecule has 0 bridgehead atoms. The van der Waals surface area contributed by atoms with Gasteiger partial charge >= 0.3 is 5.97 Å². The Bertz CT molecular complexity index is 298. The zero-order valence-corrected chi connectivity index (χ0v) is 9.23. The second kappa shape index (κ2) is 5.72. The Labute approximate surface area is 92.8 Å². The van der Waals surface area contributed by atoms with Gasteiger partial charge in [0.1, 0.15) is 0 Å². The number of rotatable bonds is 6. The Morgan fingerprint density at radius 2 is 2.12 bits per heavy atom. The molecule has 0 N–H and O–H groups in total. The van der Waals surface area contributed by atoms with Crippen molar-refractivity contribution < 1.29 is 28.9 Å². The van der Waals surface area contributed by atoms with Crippen molar-refractivity contribution in [3.63, 3.8) is 0 Å². The van der Waals surface area contributed by atoms with Gasteiger partial charge in [-0.25, -0.2) is 9.78 Å². The summed E-state index contributed by atoms with van der Waals surface area (Å²) in [7, 11) is 1.38. The monoisotopic (exact) mass is 230 g/mol. The molecule has 1 fully saturated rings. The van der Waals surface area contributed by atoms with Crippen LogP contribution < -0.4 is 0 Å². The molecule has 6 nitrogen and oxygen atoms in total. The van der Waals surface area contributed by atoms with Crippen LogP contribution in [0.15, 0.2) is 0 Å². The molecule has 0 aliphatic carbocycles. The molecule has 0 aromatic heterocycles. The predicted molar refractivity (Wildman–Crippen MR) is 51.3 cm³/mol. The molecular weight excluding hydrogens is 216 g/mol. The molecular formula is C10H14O6. The molecule has 2 unspecified atom stereocenters. The van der Waals surface area contributed by atoms with Gasteiger partial charge in [-0.2, -0.15) is 0 Å². The molecule has 2 atom stereocenters. The third-order valence-corrected chi connectivity index (χ3v) is 2.31. The van der Waals surface area contributed by atoms with Gasteiger partial charge in [-0.15, -0.1) is 0 Å². The number of cyclic esters (lactones) is 1. The van der Waals surface area contributed by atoms with E-state index in [4.69, 9.17) is 4.74 Å². The molecule has 1 aliphatic rings. The maximum atomic E-state index is 11.6. The summed E-state index contributed by atoms with van der Waals surface area (Å²) in [5.41, 5.74) is 0. The molecule has 0 radical (unpaired) electrons. The lowest BCUT2D eigenvalue weighted by atomic mass is 9.97. The van der Waals surface area contributed by atoms with Crippen molar-refractivity contribution in [2.45, 2.75) is 25.9 Å². The molecule has 16 heavy (non-hydrogen) atoms. The van der Waals surface area contributed by atoms with Crippen molar-refractivity contribution in [3.05, 3.63) is 0 Å². The first-order valence-corrected chi connectivity index (χ1v) is 4.98. The van der Waals surface area contributed by atoms with E-state index in [2.05, 4.69) is 9.78 Å². The van der Waals surface area contributed by atoms with E-state index in [1.807, 2.05) is 0 Å². The van der Waals surface area contributed by atoms with Gasteiger partial charge in [-0.05, 0) is 19.8 Å². The molecule has 1 saturated heterocycles. The SMILES string of the molecule is COOCCCC1OC(=O)C(C(C)=O)C1=O. The van der Waals surface area contributed by atoms with Crippen LogP contribution in [-0.4, -0.2) is 37.4 Å². The van der Waals surface area contributed by atoms with Crippen molar-refractivity contribution in [2.75, 3.05) is 13.7 Å². The molecule has 0 spiro atoms. The number of hydrogen-bond donors (Lipinski definition) is 0. The summed E-state index contributed by atoms with van der Waals surface area (Å²) in [4.78, 5) is 42.8. The van der Waals surface area contributed by atoms with Crippen LogP contribution in [0, 0.1) is 5.92 Å². The fourth-order valence-corrected chi connectivity index (χ4v) is 1.55. The van der Waals surface area contributed by atoms with E-state index in [-0.39, 0.29) is 0 Å². The number of carbonyl (C=O) groups is 3. The zero-order chi connectivity index (χ0) is 12.1. The molecule has 0 aromatic rings. The van der Waals surface area contributed by atoms with Crippen LogP contribution in [0.4, 0.5) is 0 Å². The third kappa shape index (κ3) is 2.86. The molecule has 1 heterocycles. The summed E-state index contributed by atoms with van der Waals surface area (Å²) >= 11 is 0. The van der Waals surface area contributed by atoms with Crippen molar-refractivity contribution in [1.29, 1.82) is 0 Å². The summed E-state index contributed by atoms with van der Waals surface area (Å²) < 4.78 is 4.82. The van der Waals surface area contributed by atoms with E-state index >= 15 is 0 Å². The number of carbonyl (C=O) groups excluding carboxylic acids is 3. The van der Waals surface area contributed by atoms with E-state index < -0.39 is 29.6 Å². The van der Waals surface area contributed by atoms with Gasteiger partial charge in [-0.3, -0.25) is 14.4 Å². The quantitative estimate of drug-likeness (QED) is 0.211. The van der Waals surface area contributed by atoms with Crippen LogP contribution in [0.3, 0.4) is 0 Å². The predicted octanol–water partition coefficient (Wildman–Crippen LogP) is 0.0443. The molecule has 0 aromatic carbocycles. The average molecular weight is 230 g/mol. The van der Waals surface area contributed by atoms with E-state index in [9.17, 15) is 14.4 Å². The summed E-state index contributed by atoms with van der Waals surface area (Å²) in [5, 5.41) is 0. The first kappa shape index (κ1) is 12.8. The summed E-state index contributed by atoms with van der Waals surface area (Å²) in [6.07, 6.45) is 0.0433. The van der Waals surface area contributed by atoms with Crippen molar-refractivity contribution in [2.24, 2.45) is 5.92 Å². The second-order valence-corrected chi connectivity index (χ2v) is 3.50. The van der Waals surface area contributed by atoms with Crippen molar-refractivity contribution in [3.8, 4) is 0 Å². The highest BCUT2D eigenvalue weighted by atomic mass is 17.2. The van der Waals surface area contributed by atoms with Crippen LogP contribution in [0.2, 0.25) is 0 Å². The molecule has 6 heteroatoms. The minimum atomic E-state index is -1.23. The number of Topliss-reactive ketones (excluding diaryl/α,β-unsaturated/α-hetero) is 2. The molecule has 0 amide bonds. The lowest BCUT2D eigenvalue weighted by Gasteiger charge is -2.06. The fourth-order valence-electron chi connectivity index (χ4n) is 1.55. The van der Waals surface area contributed by atoms with E-state index in [1.165, 1.54) is 14.0 Å². The Hall–Kier alpha value is -1.27. The van der Waals surface area contributed by atoms with Gasteiger partial charge in [0.25, 0.3) is 0 Å². The zero-order valence-electron chi connectivity index (χ0n) is 9.23. The maximum Gasteiger partial charge on any atom is 0.324 e. The molecule has 0 saturated carbocycles. The minimum absolute atomic E-state index is 0.308. The third-order valence-electron chi connectivity index (χ3n) is 2.31. The van der Waals surface area contributed by atoms with E-state index in [0.717, 1.165) is 0 Å². The smallest absolute Gasteiger partial charge is 0.324 e. The summed E-state index contributed by atoms with van der Waals surface area (Å²) in [6, 6.07) is 0. The number of ether oxygens (including phenoxy) is 1. The van der Waals surface area contributed by atoms with Crippen molar-refractivity contribution in [1.82, 2.24) is 0 Å². The van der Waals surface area contributed by atoms with Gasteiger partial charge in [0.05, 0.1) is 13.7 Å². The largest absolute Gasteiger partial charge is 0.453 e. The summed E-state index contributed by atoms with van der Waals surface area (Å²) in [6.45, 7) is 1.52. The Morgan fingerprint density at radius 3 is 2.62 bits per heavy atom. The summed E-state index contributed by atoms with van der Waals surface area (Å²) in [5.74, 6) is -2.89. The van der Waals surface area contributed by atoms with E-state index in [0.29, 0.717) is 19.4 Å². The highest BCUT2D eigenvalue weighted by molar-refractivity contribution is 6.21. The van der Waals surface area contributed by atoms with Crippen LogP contribution in [-0.2, 0) is 28.9 Å². The number of ketones is 2. The molecule has 1 aliphatic heterocycles. The highest BCUT2D eigenvalue weighted by Gasteiger charge is 2.45. The van der Waals surface area contributed by atoms with Gasteiger partial charge in [0.15, 0.2) is 23.6 Å². The number of hydrogen-bond acceptors (Lipinski definition) is 6. The van der Waals surface area contributed by atoms with Crippen molar-refractivity contribution >= 4 is 17.5 Å². The normalized spacial score (nSPS) is 24.6. The van der Waals surface area contributed by atoms with Gasteiger partial charge in [0, 0.05) is 0 Å². The van der Waals surface area contributed by atoms with Gasteiger partial charge < -0.3 is 4.74 Å². The van der Waals surface area contributed by atoms with Crippen LogP contribution in [0.1, 0.15) is 19.8 Å². The number of esters is 1. The molecule has 90 valence electrons. The van der Waals surface area contributed by atoms with Gasteiger partial charge in [-0.1, -0.05) is 0 Å². The highest BCUT2D eigenvalue weighted by Crippen LogP contribution is 2.21. The Balaban J connectivity index is 2.43. The minimum Gasteiger partial charge on any atom is -0.453 e. The lowest BCUT2D eigenvalue weighted by Crippen LogP contribution is -2.26. The second-order valence-electron chi connectivity index (χ2n) is 3.50. The Morgan fingerprint density at radius 1 is 1.44 bits per heavy atom.